The van der Waals surface area contributed by atoms with Crippen LogP contribution in [0.1, 0.15) is 34.3 Å². The number of anilines is 2. The molecule has 4 nitrogen and oxygen atoms in total. The Kier molecular flexibility index (Phi) is 5.06. The van der Waals surface area contributed by atoms with Crippen LogP contribution in [-0.4, -0.2) is 50.1 Å². The number of benzene rings is 2. The third kappa shape index (κ3) is 3.80. The fourth-order valence-corrected chi connectivity index (χ4v) is 4.07. The van der Waals surface area contributed by atoms with Crippen molar-refractivity contribution in [3.05, 3.63) is 59.2 Å². The van der Waals surface area contributed by atoms with E-state index in [-0.39, 0.29) is 5.91 Å². The number of hydrogen-bond acceptors (Lipinski definition) is 3. The quantitative estimate of drug-likeness (QED) is 0.828. The highest BCUT2D eigenvalue weighted by Crippen LogP contribution is 2.25. The fraction of sp³-hybridized carbons (Fsp3) is 0.435. The highest BCUT2D eigenvalue weighted by molar-refractivity contribution is 5.94. The summed E-state index contributed by atoms with van der Waals surface area (Å²) in [5.41, 5.74) is 5.81. The van der Waals surface area contributed by atoms with Crippen molar-refractivity contribution in [3.63, 3.8) is 0 Å². The Morgan fingerprint density at radius 2 is 1.26 bits per heavy atom. The largest absolute Gasteiger partial charge is 0.372 e. The van der Waals surface area contributed by atoms with E-state index in [9.17, 15) is 4.79 Å². The van der Waals surface area contributed by atoms with E-state index in [2.05, 4.69) is 47.9 Å². The number of amides is 1. The van der Waals surface area contributed by atoms with E-state index in [0.29, 0.717) is 0 Å². The average molecular weight is 364 g/mol. The van der Waals surface area contributed by atoms with Crippen LogP contribution in [0.2, 0.25) is 0 Å². The minimum Gasteiger partial charge on any atom is -0.372 e. The van der Waals surface area contributed by atoms with Gasteiger partial charge in [0.2, 0.25) is 0 Å². The van der Waals surface area contributed by atoms with Crippen molar-refractivity contribution in [1.29, 1.82) is 0 Å². The van der Waals surface area contributed by atoms with E-state index in [1.54, 1.807) is 0 Å². The van der Waals surface area contributed by atoms with E-state index < -0.39 is 0 Å². The number of carbonyl (C=O) groups excluding carboxylic acids is 1. The van der Waals surface area contributed by atoms with Crippen molar-refractivity contribution >= 4 is 17.3 Å². The SMILES string of the molecule is Cc1ccc(C(=O)N2CCN(c3ccc(N4CCCC4)cc3)CC2)cc1C. The molecular formula is C23H29N3O. The molecule has 27 heavy (non-hydrogen) atoms. The summed E-state index contributed by atoms with van der Waals surface area (Å²) < 4.78 is 0. The monoisotopic (exact) mass is 363 g/mol. The van der Waals surface area contributed by atoms with Gasteiger partial charge >= 0.3 is 0 Å². The lowest BCUT2D eigenvalue weighted by Gasteiger charge is -2.36. The van der Waals surface area contributed by atoms with Crippen LogP contribution in [0, 0.1) is 13.8 Å². The zero-order valence-corrected chi connectivity index (χ0v) is 16.4. The second kappa shape index (κ2) is 7.63. The van der Waals surface area contributed by atoms with E-state index >= 15 is 0 Å². The van der Waals surface area contributed by atoms with Crippen LogP contribution in [0.5, 0.6) is 0 Å². The van der Waals surface area contributed by atoms with E-state index in [4.69, 9.17) is 0 Å². The van der Waals surface area contributed by atoms with Gasteiger partial charge in [0.05, 0.1) is 0 Å². The lowest BCUT2D eigenvalue weighted by atomic mass is 10.1. The van der Waals surface area contributed by atoms with E-state index in [1.165, 1.54) is 48.4 Å². The molecule has 4 rings (SSSR count). The molecule has 0 unspecified atom stereocenters. The summed E-state index contributed by atoms with van der Waals surface area (Å²) in [6, 6.07) is 15.0. The van der Waals surface area contributed by atoms with Gasteiger partial charge in [-0.05, 0) is 74.2 Å². The third-order valence-electron chi connectivity index (χ3n) is 6.01. The minimum atomic E-state index is 0.155. The van der Waals surface area contributed by atoms with Gasteiger partial charge in [0, 0.05) is 56.2 Å². The smallest absolute Gasteiger partial charge is 0.253 e. The van der Waals surface area contributed by atoms with Gasteiger partial charge in [0.1, 0.15) is 0 Å². The first-order chi connectivity index (χ1) is 13.1. The fourth-order valence-electron chi connectivity index (χ4n) is 4.07. The molecule has 2 aliphatic rings. The molecule has 2 fully saturated rings. The first kappa shape index (κ1) is 17.9. The lowest BCUT2D eigenvalue weighted by Crippen LogP contribution is -2.48. The van der Waals surface area contributed by atoms with E-state index in [0.717, 1.165) is 31.7 Å². The lowest BCUT2D eigenvalue weighted by molar-refractivity contribution is 0.0746. The summed E-state index contributed by atoms with van der Waals surface area (Å²) in [5.74, 6) is 0.155. The number of hydrogen-bond donors (Lipinski definition) is 0. The molecule has 0 saturated carbocycles. The van der Waals surface area contributed by atoms with Gasteiger partial charge < -0.3 is 14.7 Å². The molecule has 142 valence electrons. The molecule has 4 heteroatoms. The van der Waals surface area contributed by atoms with Gasteiger partial charge in [0.25, 0.3) is 5.91 Å². The van der Waals surface area contributed by atoms with Crippen molar-refractivity contribution in [1.82, 2.24) is 4.90 Å². The van der Waals surface area contributed by atoms with Crippen LogP contribution in [0.15, 0.2) is 42.5 Å². The summed E-state index contributed by atoms with van der Waals surface area (Å²) >= 11 is 0. The zero-order valence-electron chi connectivity index (χ0n) is 16.4. The van der Waals surface area contributed by atoms with Crippen LogP contribution in [0.3, 0.4) is 0 Å². The van der Waals surface area contributed by atoms with Gasteiger partial charge in [-0.1, -0.05) is 6.07 Å². The van der Waals surface area contributed by atoms with E-state index in [1.807, 2.05) is 23.1 Å². The standard InChI is InChI=1S/C23H29N3O/c1-18-5-6-20(17-19(18)2)23(27)26-15-13-25(14-16-26)22-9-7-21(8-10-22)24-11-3-4-12-24/h5-10,17H,3-4,11-16H2,1-2H3. The van der Waals surface area contributed by atoms with Crippen molar-refractivity contribution < 1.29 is 4.79 Å². The predicted molar refractivity (Wildman–Crippen MR) is 112 cm³/mol. The highest BCUT2D eigenvalue weighted by Gasteiger charge is 2.23. The van der Waals surface area contributed by atoms with Gasteiger partial charge in [0.15, 0.2) is 0 Å². The molecule has 0 spiro atoms. The Labute approximate surface area is 162 Å². The number of rotatable bonds is 3. The van der Waals surface area contributed by atoms with Crippen molar-refractivity contribution in [3.8, 4) is 0 Å². The topological polar surface area (TPSA) is 26.8 Å². The zero-order chi connectivity index (χ0) is 18.8. The summed E-state index contributed by atoms with van der Waals surface area (Å²) in [5, 5.41) is 0. The first-order valence-electron chi connectivity index (χ1n) is 10.1. The normalized spacial score (nSPS) is 17.5. The molecule has 0 aromatic heterocycles. The average Bonchev–Trinajstić information content (AvgIpc) is 3.25. The molecule has 2 aromatic carbocycles. The molecule has 0 aliphatic carbocycles. The minimum absolute atomic E-state index is 0.155. The van der Waals surface area contributed by atoms with Gasteiger partial charge in [-0.2, -0.15) is 0 Å². The summed E-state index contributed by atoms with van der Waals surface area (Å²) in [7, 11) is 0. The van der Waals surface area contributed by atoms with Crippen LogP contribution in [-0.2, 0) is 0 Å². The molecule has 2 saturated heterocycles. The molecular weight excluding hydrogens is 334 g/mol. The molecule has 0 atom stereocenters. The Morgan fingerprint density at radius 1 is 0.704 bits per heavy atom. The van der Waals surface area contributed by atoms with Crippen LogP contribution in [0.25, 0.3) is 0 Å². The molecule has 0 bridgehead atoms. The maximum absolute atomic E-state index is 12.8. The Bertz CT molecular complexity index is 801. The van der Waals surface area contributed by atoms with Crippen molar-refractivity contribution in [2.45, 2.75) is 26.7 Å². The van der Waals surface area contributed by atoms with Crippen LogP contribution < -0.4 is 9.80 Å². The Morgan fingerprint density at radius 3 is 1.81 bits per heavy atom. The van der Waals surface area contributed by atoms with Crippen molar-refractivity contribution in [2.75, 3.05) is 49.1 Å². The Balaban J connectivity index is 1.36. The molecule has 2 aromatic rings. The number of aryl methyl sites for hydroxylation is 2. The highest BCUT2D eigenvalue weighted by atomic mass is 16.2. The number of carbonyl (C=O) groups is 1. The maximum atomic E-state index is 12.8. The van der Waals surface area contributed by atoms with Gasteiger partial charge in [-0.3, -0.25) is 4.79 Å². The molecule has 0 radical (unpaired) electrons. The summed E-state index contributed by atoms with van der Waals surface area (Å²) in [4.78, 5) is 19.6. The summed E-state index contributed by atoms with van der Waals surface area (Å²) in [6.45, 7) is 9.84. The second-order valence-corrected chi connectivity index (χ2v) is 7.79. The molecule has 0 N–H and O–H groups in total. The first-order valence-corrected chi connectivity index (χ1v) is 10.1. The Hall–Kier alpha value is -2.49. The van der Waals surface area contributed by atoms with Crippen molar-refractivity contribution in [2.24, 2.45) is 0 Å². The number of piperazine rings is 1. The molecule has 2 aliphatic heterocycles. The molecule has 1 amide bonds. The summed E-state index contributed by atoms with van der Waals surface area (Å²) in [6.07, 6.45) is 2.61. The van der Waals surface area contributed by atoms with Crippen LogP contribution in [0.4, 0.5) is 11.4 Å². The van der Waals surface area contributed by atoms with Crippen LogP contribution >= 0.6 is 0 Å². The molecule has 2 heterocycles. The third-order valence-corrected chi connectivity index (χ3v) is 6.01. The maximum Gasteiger partial charge on any atom is 0.253 e. The van der Waals surface area contributed by atoms with Gasteiger partial charge in [-0.25, -0.2) is 0 Å². The van der Waals surface area contributed by atoms with Gasteiger partial charge in [-0.15, -0.1) is 0 Å². The second-order valence-electron chi connectivity index (χ2n) is 7.79. The predicted octanol–water partition coefficient (Wildman–Crippen LogP) is 3.87. The number of nitrogens with zero attached hydrogens (tertiary/aromatic N) is 3.